The highest BCUT2D eigenvalue weighted by atomic mass is 79.9. The molecule has 1 aliphatic heterocycles. The number of guanidine groups is 1. The number of aromatic nitrogens is 2. The van der Waals surface area contributed by atoms with Gasteiger partial charge in [0.2, 0.25) is 0 Å². The third kappa shape index (κ3) is 4.23. The van der Waals surface area contributed by atoms with Gasteiger partial charge in [0.05, 0.1) is 18.3 Å². The number of fused-ring (bicyclic) bond motifs is 1. The molecule has 23 heavy (non-hydrogen) atoms. The molecule has 2 aromatic rings. The number of aryl methyl sites for hydroxylation is 1. The molecule has 0 radical (unpaired) electrons. The Morgan fingerprint density at radius 2 is 2.43 bits per heavy atom. The Kier molecular flexibility index (Phi) is 5.17. The highest BCUT2D eigenvalue weighted by molar-refractivity contribution is 9.10. The van der Waals surface area contributed by atoms with Crippen LogP contribution in [-0.4, -0.2) is 41.1 Å². The van der Waals surface area contributed by atoms with E-state index in [0.29, 0.717) is 19.0 Å². The van der Waals surface area contributed by atoms with Crippen LogP contribution in [0.2, 0.25) is 0 Å². The summed E-state index contributed by atoms with van der Waals surface area (Å²) in [4.78, 5) is 8.99. The predicted molar refractivity (Wildman–Crippen MR) is 94.8 cm³/mol. The van der Waals surface area contributed by atoms with Crippen molar-refractivity contribution in [2.75, 3.05) is 19.7 Å². The van der Waals surface area contributed by atoms with Gasteiger partial charge in [0.1, 0.15) is 5.65 Å². The largest absolute Gasteiger partial charge is 0.376 e. The van der Waals surface area contributed by atoms with E-state index >= 15 is 0 Å². The van der Waals surface area contributed by atoms with E-state index in [1.54, 1.807) is 0 Å². The van der Waals surface area contributed by atoms with Crippen LogP contribution in [-0.2, 0) is 11.2 Å². The molecule has 3 rings (SSSR count). The highest BCUT2D eigenvalue weighted by Gasteiger charge is 2.14. The van der Waals surface area contributed by atoms with Crippen molar-refractivity contribution < 1.29 is 4.74 Å². The maximum Gasteiger partial charge on any atom is 0.188 e. The second kappa shape index (κ2) is 7.31. The van der Waals surface area contributed by atoms with Crippen molar-refractivity contribution in [1.82, 2.24) is 14.7 Å². The Labute approximate surface area is 144 Å². The third-order valence-electron chi connectivity index (χ3n) is 3.93. The van der Waals surface area contributed by atoms with Gasteiger partial charge in [-0.25, -0.2) is 4.98 Å². The minimum Gasteiger partial charge on any atom is -0.376 e. The van der Waals surface area contributed by atoms with E-state index in [4.69, 9.17) is 10.5 Å². The van der Waals surface area contributed by atoms with E-state index in [9.17, 15) is 0 Å². The molecule has 2 aromatic heterocycles. The number of pyridine rings is 1. The summed E-state index contributed by atoms with van der Waals surface area (Å²) in [6, 6.07) is 2.07. The molecule has 124 valence electrons. The Morgan fingerprint density at radius 3 is 3.22 bits per heavy atom. The van der Waals surface area contributed by atoms with E-state index in [-0.39, 0.29) is 6.10 Å². The fourth-order valence-electron chi connectivity index (χ4n) is 2.76. The van der Waals surface area contributed by atoms with E-state index in [1.165, 1.54) is 0 Å². The Morgan fingerprint density at radius 1 is 1.57 bits per heavy atom. The maximum absolute atomic E-state index is 5.89. The molecular weight excluding hydrogens is 358 g/mol. The van der Waals surface area contributed by atoms with Gasteiger partial charge >= 0.3 is 0 Å². The molecule has 3 N–H and O–H groups in total. The second-order valence-corrected chi connectivity index (χ2v) is 6.76. The zero-order chi connectivity index (χ0) is 16.2. The molecule has 0 spiro atoms. The first-order chi connectivity index (χ1) is 11.1. The van der Waals surface area contributed by atoms with Gasteiger partial charge < -0.3 is 20.2 Å². The summed E-state index contributed by atoms with van der Waals surface area (Å²) in [6.45, 7) is 4.26. The summed E-state index contributed by atoms with van der Waals surface area (Å²) in [6.07, 6.45) is 7.30. The van der Waals surface area contributed by atoms with Gasteiger partial charge in [-0.1, -0.05) is 0 Å². The smallest absolute Gasteiger partial charge is 0.188 e. The number of nitrogens with one attached hydrogen (secondary N) is 1. The van der Waals surface area contributed by atoms with Crippen LogP contribution in [0.5, 0.6) is 0 Å². The van der Waals surface area contributed by atoms with Crippen LogP contribution < -0.4 is 11.1 Å². The number of rotatable bonds is 5. The van der Waals surface area contributed by atoms with Crippen molar-refractivity contribution in [3.63, 3.8) is 0 Å². The van der Waals surface area contributed by atoms with Crippen molar-refractivity contribution in [3.8, 4) is 0 Å². The molecule has 0 aromatic carbocycles. The summed E-state index contributed by atoms with van der Waals surface area (Å²) in [5.41, 5.74) is 9.06. The van der Waals surface area contributed by atoms with Gasteiger partial charge in [-0.05, 0) is 47.3 Å². The SMILES string of the molecule is Cc1cc(Br)cn2cc(CCNC(N)=NCC3CCCO3)nc12. The third-order valence-corrected chi connectivity index (χ3v) is 4.36. The van der Waals surface area contributed by atoms with Crippen LogP contribution in [0.1, 0.15) is 24.1 Å². The van der Waals surface area contributed by atoms with Gasteiger partial charge in [0, 0.05) is 36.4 Å². The standard InChI is InChI=1S/C16H22BrN5O/c1-11-7-12(17)9-22-10-13(21-15(11)22)4-5-19-16(18)20-8-14-3-2-6-23-14/h7,9-10,14H,2-6,8H2,1H3,(H3,18,19,20). The molecule has 1 saturated heterocycles. The summed E-state index contributed by atoms with van der Waals surface area (Å²) in [7, 11) is 0. The van der Waals surface area contributed by atoms with Crippen LogP contribution in [0.15, 0.2) is 27.9 Å². The van der Waals surface area contributed by atoms with E-state index < -0.39 is 0 Å². The molecule has 1 atom stereocenters. The van der Waals surface area contributed by atoms with Gasteiger partial charge in [-0.2, -0.15) is 0 Å². The summed E-state index contributed by atoms with van der Waals surface area (Å²) < 4.78 is 8.62. The second-order valence-electron chi connectivity index (χ2n) is 5.84. The van der Waals surface area contributed by atoms with Crippen LogP contribution in [0.25, 0.3) is 5.65 Å². The average Bonchev–Trinajstić information content (AvgIpc) is 3.14. The lowest BCUT2D eigenvalue weighted by Crippen LogP contribution is -2.34. The van der Waals surface area contributed by atoms with Crippen molar-refractivity contribution in [1.29, 1.82) is 0 Å². The molecule has 0 saturated carbocycles. The minimum absolute atomic E-state index is 0.232. The maximum atomic E-state index is 5.89. The summed E-state index contributed by atoms with van der Waals surface area (Å²) in [5.74, 6) is 0.475. The van der Waals surface area contributed by atoms with E-state index in [0.717, 1.165) is 47.2 Å². The quantitative estimate of drug-likeness (QED) is 0.615. The Hall–Kier alpha value is -1.60. The number of halogens is 1. The average molecular weight is 380 g/mol. The molecule has 7 heteroatoms. The zero-order valence-electron chi connectivity index (χ0n) is 13.3. The predicted octanol–water partition coefficient (Wildman–Crippen LogP) is 2.03. The molecule has 1 fully saturated rings. The zero-order valence-corrected chi connectivity index (χ0v) is 14.8. The topological polar surface area (TPSA) is 76.9 Å². The number of hydrogen-bond acceptors (Lipinski definition) is 3. The lowest BCUT2D eigenvalue weighted by atomic mass is 10.2. The molecule has 1 unspecified atom stereocenters. The molecule has 0 aliphatic carbocycles. The fourth-order valence-corrected chi connectivity index (χ4v) is 3.32. The van der Waals surface area contributed by atoms with Crippen molar-refractivity contribution in [2.45, 2.75) is 32.3 Å². The van der Waals surface area contributed by atoms with Crippen molar-refractivity contribution in [2.24, 2.45) is 10.7 Å². The lowest BCUT2D eigenvalue weighted by molar-refractivity contribution is 0.118. The van der Waals surface area contributed by atoms with Crippen LogP contribution in [0, 0.1) is 6.92 Å². The number of hydrogen-bond donors (Lipinski definition) is 2. The van der Waals surface area contributed by atoms with Crippen LogP contribution >= 0.6 is 15.9 Å². The number of aliphatic imine (C=N–C) groups is 1. The van der Waals surface area contributed by atoms with Crippen LogP contribution in [0.3, 0.4) is 0 Å². The lowest BCUT2D eigenvalue weighted by Gasteiger charge is -2.07. The molecular formula is C16H22BrN5O. The highest BCUT2D eigenvalue weighted by Crippen LogP contribution is 2.17. The van der Waals surface area contributed by atoms with Crippen LogP contribution in [0.4, 0.5) is 0 Å². The fraction of sp³-hybridized carbons (Fsp3) is 0.500. The Balaban J connectivity index is 1.52. The number of imidazole rings is 1. The molecule has 0 bridgehead atoms. The molecule has 3 heterocycles. The normalized spacial score (nSPS) is 18.7. The first kappa shape index (κ1) is 16.3. The first-order valence-corrected chi connectivity index (χ1v) is 8.70. The monoisotopic (exact) mass is 379 g/mol. The number of ether oxygens (including phenoxy) is 1. The van der Waals surface area contributed by atoms with Gasteiger partial charge in [-0.3, -0.25) is 4.99 Å². The molecule has 6 nitrogen and oxygen atoms in total. The van der Waals surface area contributed by atoms with Crippen molar-refractivity contribution in [3.05, 3.63) is 34.2 Å². The van der Waals surface area contributed by atoms with E-state index in [2.05, 4.69) is 50.4 Å². The minimum atomic E-state index is 0.232. The molecule has 0 amide bonds. The van der Waals surface area contributed by atoms with Gasteiger partial charge in [-0.15, -0.1) is 0 Å². The first-order valence-electron chi connectivity index (χ1n) is 7.91. The summed E-state index contributed by atoms with van der Waals surface area (Å²) >= 11 is 3.51. The van der Waals surface area contributed by atoms with E-state index in [1.807, 2.05) is 10.6 Å². The van der Waals surface area contributed by atoms with Gasteiger partial charge in [0.25, 0.3) is 0 Å². The molecule has 1 aliphatic rings. The van der Waals surface area contributed by atoms with Crippen molar-refractivity contribution >= 4 is 27.5 Å². The number of nitrogens with zero attached hydrogens (tertiary/aromatic N) is 3. The Bertz CT molecular complexity index is 706. The summed E-state index contributed by atoms with van der Waals surface area (Å²) in [5, 5.41) is 3.14. The number of nitrogens with two attached hydrogens (primary N) is 1. The van der Waals surface area contributed by atoms with Gasteiger partial charge in [0.15, 0.2) is 5.96 Å².